The van der Waals surface area contributed by atoms with Gasteiger partial charge in [-0.25, -0.2) is 0 Å². The molecule has 0 aromatic heterocycles. The van der Waals surface area contributed by atoms with Crippen LogP contribution in [0, 0.1) is 0 Å². The smallest absolute Gasteiger partial charge is 0.268 e. The van der Waals surface area contributed by atoms with Gasteiger partial charge in [0, 0.05) is 16.9 Å². The van der Waals surface area contributed by atoms with Crippen molar-refractivity contribution < 1.29 is 23.8 Å². The highest BCUT2D eigenvalue weighted by Gasteiger charge is 2.30. The van der Waals surface area contributed by atoms with Crippen LogP contribution < -0.4 is 19.5 Å². The molecule has 0 saturated carbocycles. The first kappa shape index (κ1) is 19.9. The lowest BCUT2D eigenvalue weighted by atomic mass is 10.0. The van der Waals surface area contributed by atoms with Crippen LogP contribution in [0.15, 0.2) is 46.4 Å². The number of nitrogens with zero attached hydrogens (tertiary/aromatic N) is 1. The molecule has 148 valence electrons. The topological polar surface area (TPSA) is 78.4 Å². The SMILES string of the molecule is COc1cc(C2=NO[C@H](C(=O)Nc3ccccc3SC)C2)cc(OC)c1OC. The van der Waals surface area contributed by atoms with E-state index in [1.165, 1.54) is 0 Å². The zero-order chi connectivity index (χ0) is 20.1. The normalized spacial score (nSPS) is 15.4. The molecule has 0 bridgehead atoms. The molecule has 28 heavy (non-hydrogen) atoms. The fourth-order valence-electron chi connectivity index (χ4n) is 2.90. The van der Waals surface area contributed by atoms with Gasteiger partial charge in [0.25, 0.3) is 5.91 Å². The Morgan fingerprint density at radius 3 is 2.43 bits per heavy atom. The van der Waals surface area contributed by atoms with Crippen molar-refractivity contribution in [3.63, 3.8) is 0 Å². The number of amides is 1. The Labute approximate surface area is 168 Å². The maximum Gasteiger partial charge on any atom is 0.268 e. The van der Waals surface area contributed by atoms with Gasteiger partial charge in [0.2, 0.25) is 11.9 Å². The lowest BCUT2D eigenvalue weighted by molar-refractivity contribution is -0.125. The van der Waals surface area contributed by atoms with Gasteiger partial charge < -0.3 is 24.4 Å². The van der Waals surface area contributed by atoms with Crippen LogP contribution >= 0.6 is 11.8 Å². The first-order valence-electron chi connectivity index (χ1n) is 8.58. The molecule has 1 aliphatic heterocycles. The monoisotopic (exact) mass is 402 g/mol. The Bertz CT molecular complexity index is 875. The molecule has 1 N–H and O–H groups in total. The minimum absolute atomic E-state index is 0.243. The molecule has 1 amide bonds. The van der Waals surface area contributed by atoms with Crippen LogP contribution in [-0.2, 0) is 9.63 Å². The molecule has 0 radical (unpaired) electrons. The van der Waals surface area contributed by atoms with Gasteiger partial charge in [-0.3, -0.25) is 4.79 Å². The molecule has 0 fully saturated rings. The van der Waals surface area contributed by atoms with Gasteiger partial charge in [-0.15, -0.1) is 11.8 Å². The van der Waals surface area contributed by atoms with E-state index in [0.29, 0.717) is 29.4 Å². The first-order valence-corrected chi connectivity index (χ1v) is 9.80. The summed E-state index contributed by atoms with van der Waals surface area (Å²) >= 11 is 1.57. The number of hydrogen-bond acceptors (Lipinski definition) is 7. The Morgan fingerprint density at radius 2 is 1.82 bits per heavy atom. The molecule has 3 rings (SSSR count). The van der Waals surface area contributed by atoms with Gasteiger partial charge in [0.15, 0.2) is 11.5 Å². The van der Waals surface area contributed by atoms with Gasteiger partial charge in [-0.05, 0) is 30.5 Å². The number of hydrogen-bond donors (Lipinski definition) is 1. The maximum absolute atomic E-state index is 12.6. The summed E-state index contributed by atoms with van der Waals surface area (Å²) in [6.45, 7) is 0. The molecule has 8 heteroatoms. The van der Waals surface area contributed by atoms with E-state index < -0.39 is 6.10 Å². The number of anilines is 1. The molecule has 1 atom stereocenters. The van der Waals surface area contributed by atoms with E-state index in [9.17, 15) is 4.79 Å². The average Bonchev–Trinajstić information content (AvgIpc) is 3.23. The van der Waals surface area contributed by atoms with Crippen LogP contribution in [-0.4, -0.2) is 45.3 Å². The van der Waals surface area contributed by atoms with Crippen LogP contribution in [0.25, 0.3) is 0 Å². The number of nitrogens with one attached hydrogen (secondary N) is 1. The molecule has 0 unspecified atom stereocenters. The van der Waals surface area contributed by atoms with E-state index in [1.807, 2.05) is 30.5 Å². The number of rotatable bonds is 7. The predicted molar refractivity (Wildman–Crippen MR) is 109 cm³/mol. The summed E-state index contributed by atoms with van der Waals surface area (Å²) in [6.07, 6.45) is 1.60. The highest BCUT2D eigenvalue weighted by atomic mass is 32.2. The Balaban J connectivity index is 1.75. The van der Waals surface area contributed by atoms with Crippen molar-refractivity contribution in [3.8, 4) is 17.2 Å². The van der Waals surface area contributed by atoms with Crippen LogP contribution in [0.2, 0.25) is 0 Å². The molecule has 0 aliphatic carbocycles. The minimum atomic E-state index is -0.705. The highest BCUT2D eigenvalue weighted by Crippen LogP contribution is 2.39. The molecule has 0 spiro atoms. The van der Waals surface area contributed by atoms with Crippen molar-refractivity contribution in [2.24, 2.45) is 5.16 Å². The number of benzene rings is 2. The van der Waals surface area contributed by atoms with Gasteiger partial charge in [-0.1, -0.05) is 17.3 Å². The number of methoxy groups -OCH3 is 3. The van der Waals surface area contributed by atoms with E-state index in [0.717, 1.165) is 16.1 Å². The third-order valence-corrected chi connectivity index (χ3v) is 5.12. The Kier molecular flexibility index (Phi) is 6.30. The van der Waals surface area contributed by atoms with Crippen molar-refractivity contribution in [2.75, 3.05) is 32.9 Å². The summed E-state index contributed by atoms with van der Waals surface area (Å²) in [7, 11) is 4.64. The zero-order valence-corrected chi connectivity index (χ0v) is 17.0. The van der Waals surface area contributed by atoms with Crippen molar-refractivity contribution >= 4 is 29.1 Å². The van der Waals surface area contributed by atoms with E-state index in [-0.39, 0.29) is 5.91 Å². The lowest BCUT2D eigenvalue weighted by Gasteiger charge is -2.14. The van der Waals surface area contributed by atoms with E-state index >= 15 is 0 Å². The number of ether oxygens (including phenoxy) is 3. The van der Waals surface area contributed by atoms with E-state index in [1.54, 1.807) is 45.2 Å². The fourth-order valence-corrected chi connectivity index (χ4v) is 3.45. The highest BCUT2D eigenvalue weighted by molar-refractivity contribution is 7.98. The van der Waals surface area contributed by atoms with Crippen LogP contribution in [0.3, 0.4) is 0 Å². The minimum Gasteiger partial charge on any atom is -0.493 e. The third-order valence-electron chi connectivity index (χ3n) is 4.32. The van der Waals surface area contributed by atoms with Crippen LogP contribution in [0.5, 0.6) is 17.2 Å². The second-order valence-corrected chi connectivity index (χ2v) is 6.79. The average molecular weight is 402 g/mol. The van der Waals surface area contributed by atoms with Crippen LogP contribution in [0.4, 0.5) is 5.69 Å². The van der Waals surface area contributed by atoms with Crippen molar-refractivity contribution in [1.29, 1.82) is 0 Å². The van der Waals surface area contributed by atoms with Gasteiger partial charge >= 0.3 is 0 Å². The molecule has 2 aromatic rings. The Hall–Kier alpha value is -2.87. The van der Waals surface area contributed by atoms with Gasteiger partial charge in [0.1, 0.15) is 0 Å². The first-order chi connectivity index (χ1) is 13.6. The van der Waals surface area contributed by atoms with E-state index in [4.69, 9.17) is 19.0 Å². The van der Waals surface area contributed by atoms with Gasteiger partial charge in [0.05, 0.1) is 32.7 Å². The lowest BCUT2D eigenvalue weighted by Crippen LogP contribution is -2.28. The van der Waals surface area contributed by atoms with Gasteiger partial charge in [-0.2, -0.15) is 0 Å². The summed E-state index contributed by atoms with van der Waals surface area (Å²) in [5.74, 6) is 1.28. The summed E-state index contributed by atoms with van der Waals surface area (Å²) in [4.78, 5) is 19.0. The summed E-state index contributed by atoms with van der Waals surface area (Å²) in [5.41, 5.74) is 2.14. The molecule has 7 nitrogen and oxygen atoms in total. The standard InChI is InChI=1S/C20H22N2O5S/c1-24-15-9-12(10-16(25-2)19(15)26-3)14-11-17(27-22-14)20(23)21-13-7-5-6-8-18(13)28-4/h5-10,17H,11H2,1-4H3,(H,21,23)/t17-/m0/s1. The van der Waals surface area contributed by atoms with Crippen LogP contribution in [0.1, 0.15) is 12.0 Å². The van der Waals surface area contributed by atoms with Crippen molar-refractivity contribution in [1.82, 2.24) is 0 Å². The fraction of sp³-hybridized carbons (Fsp3) is 0.300. The number of para-hydroxylation sites is 1. The summed E-state index contributed by atoms with van der Waals surface area (Å²) < 4.78 is 16.1. The van der Waals surface area contributed by atoms with Crippen molar-refractivity contribution in [2.45, 2.75) is 17.4 Å². The molecule has 1 heterocycles. The largest absolute Gasteiger partial charge is 0.493 e. The number of carbonyl (C=O) groups is 1. The molecule has 0 saturated heterocycles. The summed E-state index contributed by atoms with van der Waals surface area (Å²) in [5, 5.41) is 7.01. The maximum atomic E-state index is 12.6. The Morgan fingerprint density at radius 1 is 1.14 bits per heavy atom. The molecule has 1 aliphatic rings. The predicted octanol–water partition coefficient (Wildman–Crippen LogP) is 3.57. The number of thioether (sulfide) groups is 1. The van der Waals surface area contributed by atoms with Crippen molar-refractivity contribution in [3.05, 3.63) is 42.0 Å². The number of oxime groups is 1. The number of carbonyl (C=O) groups excluding carboxylic acids is 1. The zero-order valence-electron chi connectivity index (χ0n) is 16.1. The quantitative estimate of drug-likeness (QED) is 0.714. The second-order valence-electron chi connectivity index (χ2n) is 5.94. The second kappa shape index (κ2) is 8.88. The molecule has 2 aromatic carbocycles. The molecular weight excluding hydrogens is 380 g/mol. The third kappa shape index (κ3) is 4.01. The summed E-state index contributed by atoms with van der Waals surface area (Å²) in [6, 6.07) is 11.2. The van der Waals surface area contributed by atoms with E-state index in [2.05, 4.69) is 10.5 Å². The molecular formula is C20H22N2O5S.